The van der Waals surface area contributed by atoms with Crippen molar-refractivity contribution in [1.82, 2.24) is 4.57 Å². The van der Waals surface area contributed by atoms with E-state index in [1.807, 2.05) is 32.3 Å². The fraction of sp³-hybridized carbons (Fsp3) is 0.368. The zero-order valence-corrected chi connectivity index (χ0v) is 16.3. The summed E-state index contributed by atoms with van der Waals surface area (Å²) in [6, 6.07) is 6.87. The molecule has 1 aromatic heterocycles. The third-order valence-corrected chi connectivity index (χ3v) is 4.23. The van der Waals surface area contributed by atoms with Gasteiger partial charge in [-0.15, -0.1) is 0 Å². The predicted octanol–water partition coefficient (Wildman–Crippen LogP) is 4.14. The van der Waals surface area contributed by atoms with E-state index in [9.17, 15) is 9.59 Å². The summed E-state index contributed by atoms with van der Waals surface area (Å²) >= 11 is 5.93. The van der Waals surface area contributed by atoms with Crippen molar-refractivity contribution in [2.24, 2.45) is 0 Å². The fourth-order valence-electron chi connectivity index (χ4n) is 2.95. The van der Waals surface area contributed by atoms with Crippen molar-refractivity contribution in [3.8, 4) is 5.75 Å². The Hall–Kier alpha value is -2.47. The lowest BCUT2D eigenvalue weighted by atomic mass is 10.2. The largest absolute Gasteiger partial charge is 0.495 e. The molecule has 0 aliphatic carbocycles. The average molecular weight is 379 g/mol. The van der Waals surface area contributed by atoms with Crippen LogP contribution in [0.25, 0.3) is 0 Å². The number of hydrogen-bond acceptors (Lipinski definition) is 4. The number of rotatable bonds is 6. The second kappa shape index (κ2) is 8.27. The topological polar surface area (TPSA) is 69.6 Å². The van der Waals surface area contributed by atoms with Crippen LogP contribution in [0.1, 0.15) is 41.6 Å². The van der Waals surface area contributed by atoms with Crippen molar-refractivity contribution in [3.05, 3.63) is 46.2 Å². The van der Waals surface area contributed by atoms with Crippen LogP contribution in [0.4, 0.5) is 5.69 Å². The highest BCUT2D eigenvalue weighted by Crippen LogP contribution is 2.27. The van der Waals surface area contributed by atoms with Gasteiger partial charge in [-0.1, -0.05) is 11.6 Å². The number of aromatic nitrogens is 1. The normalized spacial score (nSPS) is 10.7. The number of esters is 1. The molecule has 0 atom stereocenters. The molecule has 0 aliphatic heterocycles. The van der Waals surface area contributed by atoms with E-state index in [1.54, 1.807) is 24.3 Å². The van der Waals surface area contributed by atoms with Gasteiger partial charge in [-0.25, -0.2) is 4.79 Å². The van der Waals surface area contributed by atoms with Gasteiger partial charge in [0.2, 0.25) is 0 Å². The lowest BCUT2D eigenvalue weighted by molar-refractivity contribution is -0.119. The lowest BCUT2D eigenvalue weighted by Gasteiger charge is -2.13. The molecule has 0 saturated heterocycles. The minimum absolute atomic E-state index is 0.232. The monoisotopic (exact) mass is 378 g/mol. The first-order chi connectivity index (χ1) is 12.2. The molecule has 1 N–H and O–H groups in total. The summed E-state index contributed by atoms with van der Waals surface area (Å²) in [6.07, 6.45) is 0. The van der Waals surface area contributed by atoms with Crippen LogP contribution in [0.2, 0.25) is 5.02 Å². The molecule has 26 heavy (non-hydrogen) atoms. The van der Waals surface area contributed by atoms with Gasteiger partial charge in [0.1, 0.15) is 5.75 Å². The molecule has 1 amide bonds. The molecule has 0 aliphatic rings. The van der Waals surface area contributed by atoms with Gasteiger partial charge in [0.25, 0.3) is 5.91 Å². The zero-order valence-electron chi connectivity index (χ0n) is 15.6. The fourth-order valence-corrected chi connectivity index (χ4v) is 3.12. The number of amides is 1. The summed E-state index contributed by atoms with van der Waals surface area (Å²) < 4.78 is 12.4. The molecule has 0 spiro atoms. The molecule has 0 saturated carbocycles. The molecule has 140 valence electrons. The molecule has 0 unspecified atom stereocenters. The van der Waals surface area contributed by atoms with Crippen LogP contribution in [-0.2, 0) is 9.53 Å². The van der Waals surface area contributed by atoms with Gasteiger partial charge in [-0.05, 0) is 52.0 Å². The lowest BCUT2D eigenvalue weighted by Crippen LogP contribution is -2.21. The Balaban J connectivity index is 2.03. The summed E-state index contributed by atoms with van der Waals surface area (Å²) in [7, 11) is 1.49. The molecule has 1 heterocycles. The van der Waals surface area contributed by atoms with E-state index in [0.717, 1.165) is 11.4 Å². The SMILES string of the molecule is COc1ccc(Cl)cc1NC(=O)COC(=O)c1cc(C)n(C(C)C)c1C. The maximum atomic E-state index is 12.3. The van der Waals surface area contributed by atoms with Crippen molar-refractivity contribution in [1.29, 1.82) is 0 Å². The zero-order chi connectivity index (χ0) is 19.4. The smallest absolute Gasteiger partial charge is 0.340 e. The molecule has 6 nitrogen and oxygen atoms in total. The van der Waals surface area contributed by atoms with Crippen LogP contribution >= 0.6 is 11.6 Å². The molecule has 2 rings (SSSR count). The molecule has 7 heteroatoms. The molecule has 0 radical (unpaired) electrons. The third kappa shape index (κ3) is 4.38. The number of carbonyl (C=O) groups is 2. The van der Waals surface area contributed by atoms with Crippen LogP contribution in [0.3, 0.4) is 0 Å². The molecular formula is C19H23ClN2O4. The number of aryl methyl sites for hydroxylation is 1. The van der Waals surface area contributed by atoms with Crippen molar-refractivity contribution < 1.29 is 19.1 Å². The summed E-state index contributed by atoms with van der Waals surface area (Å²) in [5.41, 5.74) is 2.67. The number of methoxy groups -OCH3 is 1. The Labute approximate surface area is 158 Å². The van der Waals surface area contributed by atoms with Gasteiger partial charge in [0.05, 0.1) is 18.4 Å². The van der Waals surface area contributed by atoms with Crippen LogP contribution in [0.5, 0.6) is 5.75 Å². The van der Waals surface area contributed by atoms with Gasteiger partial charge in [-0.2, -0.15) is 0 Å². The highest BCUT2D eigenvalue weighted by atomic mass is 35.5. The Kier molecular flexibility index (Phi) is 6.32. The van der Waals surface area contributed by atoms with Crippen LogP contribution in [0, 0.1) is 13.8 Å². The van der Waals surface area contributed by atoms with Crippen LogP contribution < -0.4 is 10.1 Å². The molecule has 1 aromatic carbocycles. The van der Waals surface area contributed by atoms with E-state index in [0.29, 0.717) is 22.0 Å². The van der Waals surface area contributed by atoms with E-state index in [4.69, 9.17) is 21.1 Å². The Bertz CT molecular complexity index is 827. The second-order valence-corrected chi connectivity index (χ2v) is 6.65. The molecule has 0 fully saturated rings. The van der Waals surface area contributed by atoms with Crippen molar-refractivity contribution >= 4 is 29.2 Å². The number of carbonyl (C=O) groups excluding carboxylic acids is 2. The average Bonchev–Trinajstić information content (AvgIpc) is 2.87. The maximum Gasteiger partial charge on any atom is 0.340 e. The predicted molar refractivity (Wildman–Crippen MR) is 101 cm³/mol. The number of nitrogens with one attached hydrogen (secondary N) is 1. The number of nitrogens with zero attached hydrogens (tertiary/aromatic N) is 1. The van der Waals surface area contributed by atoms with Gasteiger partial charge in [0, 0.05) is 22.5 Å². The minimum atomic E-state index is -0.529. The van der Waals surface area contributed by atoms with E-state index < -0.39 is 18.5 Å². The Morgan fingerprint density at radius 3 is 2.50 bits per heavy atom. The van der Waals surface area contributed by atoms with E-state index in [1.165, 1.54) is 7.11 Å². The van der Waals surface area contributed by atoms with E-state index in [2.05, 4.69) is 5.32 Å². The van der Waals surface area contributed by atoms with Crippen LogP contribution in [-0.4, -0.2) is 30.2 Å². The van der Waals surface area contributed by atoms with Gasteiger partial charge >= 0.3 is 5.97 Å². The first-order valence-electron chi connectivity index (χ1n) is 8.23. The van der Waals surface area contributed by atoms with Crippen molar-refractivity contribution in [2.45, 2.75) is 33.7 Å². The summed E-state index contributed by atoms with van der Waals surface area (Å²) in [4.78, 5) is 24.4. The minimum Gasteiger partial charge on any atom is -0.495 e. The second-order valence-electron chi connectivity index (χ2n) is 6.22. The quantitative estimate of drug-likeness (QED) is 0.767. The summed E-state index contributed by atoms with van der Waals surface area (Å²) in [6.45, 7) is 7.48. The summed E-state index contributed by atoms with van der Waals surface area (Å²) in [5, 5.41) is 3.09. The standard InChI is InChI=1S/C19H23ClN2O4/c1-11(2)22-12(3)8-15(13(22)4)19(24)26-10-18(23)21-16-9-14(20)6-7-17(16)25-5/h6-9,11H,10H2,1-5H3,(H,21,23). The highest BCUT2D eigenvalue weighted by molar-refractivity contribution is 6.31. The van der Waals surface area contributed by atoms with Crippen molar-refractivity contribution in [2.75, 3.05) is 19.0 Å². The van der Waals surface area contributed by atoms with Gasteiger partial charge in [0.15, 0.2) is 6.61 Å². The van der Waals surface area contributed by atoms with E-state index in [-0.39, 0.29) is 6.04 Å². The first kappa shape index (κ1) is 19.8. The molecule has 0 bridgehead atoms. The number of halogens is 1. The Morgan fingerprint density at radius 1 is 1.23 bits per heavy atom. The van der Waals surface area contributed by atoms with Crippen molar-refractivity contribution in [3.63, 3.8) is 0 Å². The highest BCUT2D eigenvalue weighted by Gasteiger charge is 2.19. The van der Waals surface area contributed by atoms with E-state index >= 15 is 0 Å². The van der Waals surface area contributed by atoms with Gasteiger partial charge < -0.3 is 19.4 Å². The summed E-state index contributed by atoms with van der Waals surface area (Å²) in [5.74, 6) is -0.538. The number of hydrogen-bond donors (Lipinski definition) is 1. The third-order valence-electron chi connectivity index (χ3n) is 3.99. The molecular weight excluding hydrogens is 356 g/mol. The number of anilines is 1. The Morgan fingerprint density at radius 2 is 1.92 bits per heavy atom. The number of benzene rings is 1. The molecule has 2 aromatic rings. The number of ether oxygens (including phenoxy) is 2. The van der Waals surface area contributed by atoms with Gasteiger partial charge in [-0.3, -0.25) is 4.79 Å². The first-order valence-corrected chi connectivity index (χ1v) is 8.61. The maximum absolute atomic E-state index is 12.3. The van der Waals surface area contributed by atoms with Crippen LogP contribution in [0.15, 0.2) is 24.3 Å².